The molecule has 0 saturated carbocycles. The third kappa shape index (κ3) is 4.60. The highest BCUT2D eigenvalue weighted by molar-refractivity contribution is 5.94. The van der Waals surface area contributed by atoms with Crippen LogP contribution >= 0.6 is 0 Å². The molecule has 1 aliphatic heterocycles. The number of amides is 1. The van der Waals surface area contributed by atoms with Crippen molar-refractivity contribution >= 4 is 5.91 Å². The second-order valence-electron chi connectivity index (χ2n) is 5.35. The molecule has 1 aliphatic rings. The largest absolute Gasteiger partial charge is 0.352 e. The van der Waals surface area contributed by atoms with Crippen LogP contribution in [0.1, 0.15) is 42.5 Å². The molecule has 1 aromatic carbocycles. The van der Waals surface area contributed by atoms with Crippen LogP contribution < -0.4 is 5.32 Å². The van der Waals surface area contributed by atoms with Crippen LogP contribution in [0.2, 0.25) is 0 Å². The van der Waals surface area contributed by atoms with Gasteiger partial charge in [0, 0.05) is 6.54 Å². The van der Waals surface area contributed by atoms with Gasteiger partial charge in [0.05, 0.1) is 5.56 Å². The fourth-order valence-corrected chi connectivity index (χ4v) is 2.60. The summed E-state index contributed by atoms with van der Waals surface area (Å²) in [6.45, 7) is 3.95. The summed E-state index contributed by atoms with van der Waals surface area (Å²) in [5, 5.41) is 2.79. The Labute approximate surface area is 120 Å². The Kier molecular flexibility index (Phi) is 5.99. The Bertz CT molecular complexity index is 428. The van der Waals surface area contributed by atoms with Crippen LogP contribution in [-0.2, 0) is 0 Å². The molecule has 0 unspecified atom stereocenters. The van der Waals surface area contributed by atoms with Crippen molar-refractivity contribution in [3.63, 3.8) is 0 Å². The van der Waals surface area contributed by atoms with Gasteiger partial charge in [-0.05, 0) is 51.0 Å². The van der Waals surface area contributed by atoms with Crippen molar-refractivity contribution in [3.8, 4) is 0 Å². The van der Waals surface area contributed by atoms with Crippen molar-refractivity contribution in [2.24, 2.45) is 0 Å². The van der Waals surface area contributed by atoms with Crippen molar-refractivity contribution in [2.75, 3.05) is 26.2 Å². The van der Waals surface area contributed by atoms with E-state index in [1.54, 1.807) is 12.1 Å². The van der Waals surface area contributed by atoms with Crippen molar-refractivity contribution in [3.05, 3.63) is 35.6 Å². The molecule has 1 saturated heterocycles. The lowest BCUT2D eigenvalue weighted by molar-refractivity contribution is 0.0947. The van der Waals surface area contributed by atoms with Crippen molar-refractivity contribution in [2.45, 2.75) is 32.1 Å². The van der Waals surface area contributed by atoms with Gasteiger partial charge >= 0.3 is 0 Å². The van der Waals surface area contributed by atoms with Crippen molar-refractivity contribution < 1.29 is 9.18 Å². The molecule has 0 radical (unpaired) electrons. The zero-order chi connectivity index (χ0) is 14.2. The molecule has 1 N–H and O–H groups in total. The van der Waals surface area contributed by atoms with Gasteiger partial charge in [0.2, 0.25) is 0 Å². The van der Waals surface area contributed by atoms with E-state index in [1.807, 2.05) is 0 Å². The summed E-state index contributed by atoms with van der Waals surface area (Å²) in [6.07, 6.45) is 6.14. The molecule has 20 heavy (non-hydrogen) atoms. The third-order valence-electron chi connectivity index (χ3n) is 3.75. The predicted molar refractivity (Wildman–Crippen MR) is 78.3 cm³/mol. The molecular weight excluding hydrogens is 255 g/mol. The summed E-state index contributed by atoms with van der Waals surface area (Å²) in [4.78, 5) is 14.3. The molecule has 1 aromatic rings. The van der Waals surface area contributed by atoms with E-state index in [1.165, 1.54) is 50.9 Å². The lowest BCUT2D eigenvalue weighted by Crippen LogP contribution is -2.31. The highest BCUT2D eigenvalue weighted by Gasteiger charge is 2.11. The number of nitrogens with zero attached hydrogens (tertiary/aromatic N) is 1. The lowest BCUT2D eigenvalue weighted by Gasteiger charge is -2.19. The van der Waals surface area contributed by atoms with Crippen LogP contribution in [0.15, 0.2) is 24.3 Å². The summed E-state index contributed by atoms with van der Waals surface area (Å²) in [6, 6.07) is 6.09. The molecule has 4 heteroatoms. The first-order valence-electron chi connectivity index (χ1n) is 7.52. The second kappa shape index (κ2) is 8.00. The van der Waals surface area contributed by atoms with Crippen molar-refractivity contribution in [1.29, 1.82) is 0 Å². The van der Waals surface area contributed by atoms with Gasteiger partial charge in [0.25, 0.3) is 5.91 Å². The number of carbonyl (C=O) groups is 1. The van der Waals surface area contributed by atoms with E-state index in [9.17, 15) is 9.18 Å². The minimum absolute atomic E-state index is 0.127. The molecule has 1 heterocycles. The first-order chi connectivity index (χ1) is 9.77. The predicted octanol–water partition coefficient (Wildman–Crippen LogP) is 2.82. The van der Waals surface area contributed by atoms with Crippen LogP contribution in [0, 0.1) is 5.82 Å². The summed E-state index contributed by atoms with van der Waals surface area (Å²) in [5.41, 5.74) is 0.127. The van der Waals surface area contributed by atoms with Crippen LogP contribution in [0.3, 0.4) is 0 Å². The van der Waals surface area contributed by atoms with Gasteiger partial charge in [-0.3, -0.25) is 4.79 Å². The van der Waals surface area contributed by atoms with Crippen molar-refractivity contribution in [1.82, 2.24) is 10.2 Å². The summed E-state index contributed by atoms with van der Waals surface area (Å²) >= 11 is 0. The summed E-state index contributed by atoms with van der Waals surface area (Å²) in [7, 11) is 0. The number of benzene rings is 1. The van der Waals surface area contributed by atoms with Gasteiger partial charge in [0.1, 0.15) is 5.82 Å². The molecule has 0 atom stereocenters. The molecule has 0 aliphatic carbocycles. The number of halogens is 1. The average molecular weight is 278 g/mol. The van der Waals surface area contributed by atoms with E-state index in [0.717, 1.165) is 13.0 Å². The normalized spacial score (nSPS) is 16.6. The van der Waals surface area contributed by atoms with Crippen LogP contribution in [-0.4, -0.2) is 37.0 Å². The smallest absolute Gasteiger partial charge is 0.254 e. The van der Waals surface area contributed by atoms with Gasteiger partial charge < -0.3 is 10.2 Å². The molecule has 3 nitrogen and oxygen atoms in total. The highest BCUT2D eigenvalue weighted by atomic mass is 19.1. The number of hydrogen-bond acceptors (Lipinski definition) is 2. The quantitative estimate of drug-likeness (QED) is 0.840. The zero-order valence-electron chi connectivity index (χ0n) is 11.9. The van der Waals surface area contributed by atoms with Crippen LogP contribution in [0.4, 0.5) is 4.39 Å². The molecule has 1 fully saturated rings. The summed E-state index contributed by atoms with van der Waals surface area (Å²) in [5.74, 6) is -0.781. The molecule has 0 aromatic heterocycles. The van der Waals surface area contributed by atoms with Gasteiger partial charge in [0.15, 0.2) is 0 Å². The van der Waals surface area contributed by atoms with Gasteiger partial charge in [-0.1, -0.05) is 25.0 Å². The molecular formula is C16H23FN2O. The van der Waals surface area contributed by atoms with E-state index in [-0.39, 0.29) is 11.5 Å². The Hall–Kier alpha value is -1.42. The van der Waals surface area contributed by atoms with Crippen LogP contribution in [0.25, 0.3) is 0 Å². The maximum atomic E-state index is 13.4. The minimum Gasteiger partial charge on any atom is -0.352 e. The Morgan fingerprint density at radius 1 is 1.15 bits per heavy atom. The minimum atomic E-state index is -0.461. The van der Waals surface area contributed by atoms with Gasteiger partial charge in [-0.2, -0.15) is 0 Å². The van der Waals surface area contributed by atoms with E-state index in [2.05, 4.69) is 10.2 Å². The van der Waals surface area contributed by atoms with Gasteiger partial charge in [-0.15, -0.1) is 0 Å². The molecule has 2 rings (SSSR count). The number of nitrogens with one attached hydrogen (secondary N) is 1. The second-order valence-corrected chi connectivity index (χ2v) is 5.35. The number of carbonyl (C=O) groups excluding carboxylic acids is 1. The maximum Gasteiger partial charge on any atom is 0.254 e. The fraction of sp³-hybridized carbons (Fsp3) is 0.562. The Morgan fingerprint density at radius 2 is 1.85 bits per heavy atom. The first-order valence-corrected chi connectivity index (χ1v) is 7.52. The molecule has 0 spiro atoms. The molecule has 0 bridgehead atoms. The topological polar surface area (TPSA) is 32.3 Å². The standard InChI is InChI=1S/C16H23FN2O/c17-15-9-4-3-8-14(15)16(20)18-10-7-13-19-11-5-1-2-6-12-19/h3-4,8-9H,1-2,5-7,10-13H2,(H,18,20). The Balaban J connectivity index is 1.68. The third-order valence-corrected chi connectivity index (χ3v) is 3.75. The van der Waals surface area contributed by atoms with Crippen LogP contribution in [0.5, 0.6) is 0 Å². The Morgan fingerprint density at radius 3 is 2.55 bits per heavy atom. The van der Waals surface area contributed by atoms with E-state index < -0.39 is 5.82 Å². The maximum absolute atomic E-state index is 13.4. The number of hydrogen-bond donors (Lipinski definition) is 1. The highest BCUT2D eigenvalue weighted by Crippen LogP contribution is 2.09. The SMILES string of the molecule is O=C(NCCCN1CCCCCC1)c1ccccc1F. The average Bonchev–Trinajstić information content (AvgIpc) is 2.72. The van der Waals surface area contributed by atoms with E-state index >= 15 is 0 Å². The molecule has 110 valence electrons. The fourth-order valence-electron chi connectivity index (χ4n) is 2.60. The monoisotopic (exact) mass is 278 g/mol. The van der Waals surface area contributed by atoms with Gasteiger partial charge in [-0.25, -0.2) is 4.39 Å². The van der Waals surface area contributed by atoms with E-state index in [0.29, 0.717) is 6.54 Å². The number of likely N-dealkylation sites (tertiary alicyclic amines) is 1. The summed E-state index contributed by atoms with van der Waals surface area (Å²) < 4.78 is 13.4. The van der Waals surface area contributed by atoms with E-state index in [4.69, 9.17) is 0 Å². The lowest BCUT2D eigenvalue weighted by atomic mass is 10.2. The zero-order valence-corrected chi connectivity index (χ0v) is 11.9. The first kappa shape index (κ1) is 15.0. The molecule has 1 amide bonds. The number of rotatable bonds is 5.